The van der Waals surface area contributed by atoms with E-state index in [1.165, 1.54) is 0 Å². The van der Waals surface area contributed by atoms with E-state index in [0.717, 1.165) is 0 Å². The molecule has 0 aromatic rings. The maximum atomic E-state index is 8.74. The molecule has 0 heterocycles. The van der Waals surface area contributed by atoms with E-state index in [1.807, 2.05) is 0 Å². The minimum Gasteiger partial charge on any atom is -0.511 e. The zero-order valence-corrected chi connectivity index (χ0v) is 3.80. The second kappa shape index (κ2) is 8.82. The van der Waals surface area contributed by atoms with Crippen LogP contribution in [0.4, 0.5) is 0 Å². The molecule has 0 saturated heterocycles. The molecule has 0 aliphatic carbocycles. The largest absolute Gasteiger partial charge is 0.761 e. The summed E-state index contributed by atoms with van der Waals surface area (Å²) in [4.78, 5) is 14.3. The van der Waals surface area contributed by atoms with Gasteiger partial charge < -0.3 is 20.5 Å². The Bertz CT molecular complexity index is 26.9. The smallest absolute Gasteiger partial charge is 0.511 e. The standard InChI is InChI=1S/H2O3Si.2H2O/c1-4(2)3;;/h1-2H;2*1H2. The van der Waals surface area contributed by atoms with Crippen molar-refractivity contribution in [3.63, 3.8) is 0 Å². The second-order valence-electron chi connectivity index (χ2n) is 0.283. The molecule has 0 aromatic carbocycles. The summed E-state index contributed by atoms with van der Waals surface area (Å²) in [5, 5.41) is 0. The van der Waals surface area contributed by atoms with Gasteiger partial charge in [0.15, 0.2) is 0 Å². The van der Waals surface area contributed by atoms with Crippen molar-refractivity contribution in [1.82, 2.24) is 0 Å². The summed E-state index contributed by atoms with van der Waals surface area (Å²) in [5.74, 6) is 0. The summed E-state index contributed by atoms with van der Waals surface area (Å²) in [7, 11) is -3.13. The molecule has 0 aliphatic rings. The molecule has 0 fully saturated rings. The Morgan fingerprint density at radius 2 is 1.17 bits per heavy atom. The van der Waals surface area contributed by atoms with Gasteiger partial charge in [-0.3, -0.25) is 4.46 Å². The second-order valence-corrected chi connectivity index (χ2v) is 0.848. The van der Waals surface area contributed by atoms with Crippen LogP contribution < -0.4 is 0 Å². The molecule has 0 spiro atoms. The summed E-state index contributed by atoms with van der Waals surface area (Å²) >= 11 is 0. The van der Waals surface area contributed by atoms with Crippen LogP contribution in [0.1, 0.15) is 0 Å². The zero-order valence-electron chi connectivity index (χ0n) is 2.80. The van der Waals surface area contributed by atoms with Gasteiger partial charge in [0, 0.05) is 0 Å². The SMILES string of the molecule is O.O.O=[Si](O)O. The lowest BCUT2D eigenvalue weighted by atomic mass is 15.8. The van der Waals surface area contributed by atoms with Gasteiger partial charge in [0.2, 0.25) is 0 Å². The van der Waals surface area contributed by atoms with E-state index in [1.54, 1.807) is 0 Å². The number of hydrogen-bond acceptors (Lipinski definition) is 1. The summed E-state index contributed by atoms with van der Waals surface area (Å²) < 4.78 is 8.74. The topological polar surface area (TPSA) is 121 Å². The third-order valence-electron chi connectivity index (χ3n) is 0. The molecule has 40 valence electrons. The first-order chi connectivity index (χ1) is 1.73. The molecule has 6 heteroatoms. The van der Waals surface area contributed by atoms with Crippen LogP contribution in [0, 0.1) is 0 Å². The van der Waals surface area contributed by atoms with Gasteiger partial charge >= 0.3 is 9.17 Å². The average molecular weight is 114 g/mol. The zero-order chi connectivity index (χ0) is 3.58. The van der Waals surface area contributed by atoms with Gasteiger partial charge in [-0.05, 0) is 0 Å². The molecule has 0 rings (SSSR count). The third-order valence-corrected chi connectivity index (χ3v) is 0. The van der Waals surface area contributed by atoms with E-state index in [2.05, 4.69) is 0 Å². The van der Waals surface area contributed by atoms with E-state index in [-0.39, 0.29) is 11.0 Å². The van der Waals surface area contributed by atoms with E-state index in [4.69, 9.17) is 14.1 Å². The molecule has 0 aliphatic heterocycles. The molecular weight excluding hydrogens is 108 g/mol. The van der Waals surface area contributed by atoms with Gasteiger partial charge in [0.1, 0.15) is 0 Å². The summed E-state index contributed by atoms with van der Waals surface area (Å²) in [6.07, 6.45) is 0. The van der Waals surface area contributed by atoms with Crippen molar-refractivity contribution in [2.75, 3.05) is 0 Å². The normalized spacial score (nSPS) is 4.00. The quantitative estimate of drug-likeness (QED) is 0.321. The van der Waals surface area contributed by atoms with Crippen LogP contribution in [0.25, 0.3) is 0 Å². The van der Waals surface area contributed by atoms with Crippen molar-refractivity contribution in [2.24, 2.45) is 0 Å². The van der Waals surface area contributed by atoms with Crippen LogP contribution in [0.3, 0.4) is 0 Å². The Hall–Kier alpha value is -0.463. The van der Waals surface area contributed by atoms with Crippen LogP contribution in [0.2, 0.25) is 0 Å². The van der Waals surface area contributed by atoms with Crippen molar-refractivity contribution in [2.45, 2.75) is 0 Å². The van der Waals surface area contributed by atoms with Gasteiger partial charge in [-0.15, -0.1) is 0 Å². The highest BCUT2D eigenvalue weighted by atomic mass is 28.3. The lowest BCUT2D eigenvalue weighted by molar-refractivity contribution is 0.330. The number of rotatable bonds is 0. The molecule has 0 atom stereocenters. The van der Waals surface area contributed by atoms with Gasteiger partial charge in [0.05, 0.1) is 0 Å². The van der Waals surface area contributed by atoms with E-state index in [0.29, 0.717) is 0 Å². The van der Waals surface area contributed by atoms with Crippen LogP contribution in [-0.4, -0.2) is 29.7 Å². The number of hydrogen-bond donors (Lipinski definition) is 2. The van der Waals surface area contributed by atoms with Crippen LogP contribution in [-0.2, 0) is 4.46 Å². The van der Waals surface area contributed by atoms with Gasteiger partial charge in [-0.25, -0.2) is 0 Å². The fourth-order valence-corrected chi connectivity index (χ4v) is 0. The van der Waals surface area contributed by atoms with Crippen molar-refractivity contribution in [3.8, 4) is 0 Å². The van der Waals surface area contributed by atoms with Gasteiger partial charge in [-0.2, -0.15) is 0 Å². The summed E-state index contributed by atoms with van der Waals surface area (Å²) in [5.41, 5.74) is 0. The first kappa shape index (κ1) is 17.7. The molecule has 0 radical (unpaired) electrons. The Kier molecular flexibility index (Phi) is 26.0. The summed E-state index contributed by atoms with van der Waals surface area (Å²) in [6.45, 7) is 0. The fraction of sp³-hybridized carbons (Fsp3) is 0. The predicted octanol–water partition coefficient (Wildman–Crippen LogP) is -3.26. The molecule has 5 nitrogen and oxygen atoms in total. The van der Waals surface area contributed by atoms with Crippen molar-refractivity contribution in [3.05, 3.63) is 0 Å². The maximum Gasteiger partial charge on any atom is 0.761 e. The first-order valence-electron chi connectivity index (χ1n) is 0.651. The van der Waals surface area contributed by atoms with Crippen LogP contribution in [0.15, 0.2) is 0 Å². The van der Waals surface area contributed by atoms with E-state index in [9.17, 15) is 0 Å². The highest BCUT2D eigenvalue weighted by Crippen LogP contribution is 1.27. The molecular formula is H6O5Si. The molecule has 0 unspecified atom stereocenters. The molecule has 0 bridgehead atoms. The lowest BCUT2D eigenvalue weighted by Gasteiger charge is -1.55. The lowest BCUT2D eigenvalue weighted by Crippen LogP contribution is -1.90. The predicted molar refractivity (Wildman–Crippen MR) is 18.1 cm³/mol. The van der Waals surface area contributed by atoms with Crippen molar-refractivity contribution >= 4 is 9.17 Å². The van der Waals surface area contributed by atoms with E-state index < -0.39 is 9.17 Å². The Morgan fingerprint density at radius 1 is 1.17 bits per heavy atom. The minimum atomic E-state index is -3.13. The van der Waals surface area contributed by atoms with Gasteiger partial charge in [-0.1, -0.05) is 0 Å². The monoisotopic (exact) mass is 114 g/mol. The third kappa shape index (κ3) is 106. The maximum absolute atomic E-state index is 8.74. The van der Waals surface area contributed by atoms with Crippen LogP contribution in [0.5, 0.6) is 0 Å². The van der Waals surface area contributed by atoms with E-state index >= 15 is 0 Å². The van der Waals surface area contributed by atoms with Crippen molar-refractivity contribution < 1.29 is 25.0 Å². The van der Waals surface area contributed by atoms with Crippen LogP contribution >= 0.6 is 0 Å². The molecule has 0 amide bonds. The summed E-state index contributed by atoms with van der Waals surface area (Å²) in [6, 6.07) is 0. The highest BCUT2D eigenvalue weighted by Gasteiger charge is 1.85. The molecule has 0 aromatic heterocycles. The molecule has 6 N–H and O–H groups in total. The Morgan fingerprint density at radius 3 is 1.17 bits per heavy atom. The van der Waals surface area contributed by atoms with Crippen molar-refractivity contribution in [1.29, 1.82) is 0 Å². The average Bonchev–Trinajstić information content (AvgIpc) is 0.811. The first-order valence-corrected chi connectivity index (χ1v) is 1.95. The molecule has 6 heavy (non-hydrogen) atoms. The van der Waals surface area contributed by atoms with Gasteiger partial charge in [0.25, 0.3) is 0 Å². The Labute approximate surface area is 35.4 Å². The Balaban J connectivity index is -0.0000000450. The fourth-order valence-electron chi connectivity index (χ4n) is 0. The highest BCUT2D eigenvalue weighted by molar-refractivity contribution is 6.22. The minimum absolute atomic E-state index is 0. The molecule has 0 saturated carbocycles.